The molecule has 0 aliphatic carbocycles. The van der Waals surface area contributed by atoms with Crippen molar-refractivity contribution in [2.45, 2.75) is 51.6 Å². The van der Waals surface area contributed by atoms with E-state index < -0.39 is 28.5 Å². The van der Waals surface area contributed by atoms with Gasteiger partial charge in [0.1, 0.15) is 24.1 Å². The third-order valence-electron chi connectivity index (χ3n) is 6.77. The smallest absolute Gasteiger partial charge is 0.264 e. The number of ether oxygens (including phenoxy) is 2. The molecule has 0 saturated carbocycles. The molecule has 2 amide bonds. The predicted octanol–water partition coefficient (Wildman–Crippen LogP) is 4.79. The minimum atomic E-state index is -4.20. The van der Waals surface area contributed by atoms with Crippen LogP contribution >= 0.6 is 0 Å². The van der Waals surface area contributed by atoms with Gasteiger partial charge in [-0.2, -0.15) is 0 Å². The normalized spacial score (nSPS) is 12.0. The summed E-state index contributed by atoms with van der Waals surface area (Å²) in [5.74, 6) is 0.290. The van der Waals surface area contributed by atoms with Crippen LogP contribution in [0, 0.1) is 12.8 Å². The van der Waals surface area contributed by atoms with Gasteiger partial charge in [-0.05, 0) is 66.8 Å². The van der Waals surface area contributed by atoms with E-state index in [1.807, 2.05) is 33.8 Å². The molecule has 0 radical (unpaired) electrons. The van der Waals surface area contributed by atoms with Crippen molar-refractivity contribution in [3.8, 4) is 11.5 Å². The highest BCUT2D eigenvalue weighted by atomic mass is 32.2. The van der Waals surface area contributed by atoms with Gasteiger partial charge in [-0.15, -0.1) is 0 Å². The molecule has 10 heteroatoms. The molecule has 3 aromatic rings. The Kier molecular flexibility index (Phi) is 11.4. The van der Waals surface area contributed by atoms with Gasteiger partial charge in [0.25, 0.3) is 10.0 Å². The molecule has 0 aliphatic heterocycles. The van der Waals surface area contributed by atoms with Crippen LogP contribution in [0.15, 0.2) is 77.7 Å². The molecule has 1 atom stereocenters. The van der Waals surface area contributed by atoms with Gasteiger partial charge in [-0.1, -0.05) is 57.2 Å². The van der Waals surface area contributed by atoms with Crippen LogP contribution in [0.2, 0.25) is 0 Å². The third-order valence-corrected chi connectivity index (χ3v) is 8.54. The fraction of sp³-hybridized carbons (Fsp3) is 0.375. The van der Waals surface area contributed by atoms with Crippen molar-refractivity contribution in [3.63, 3.8) is 0 Å². The highest BCUT2D eigenvalue weighted by Crippen LogP contribution is 2.34. The fourth-order valence-corrected chi connectivity index (χ4v) is 5.98. The summed E-state index contributed by atoms with van der Waals surface area (Å²) < 4.78 is 40.1. The number of aryl methyl sites for hydroxylation is 1. The number of nitrogens with zero attached hydrogens (tertiary/aromatic N) is 2. The van der Waals surface area contributed by atoms with Gasteiger partial charge in [0.2, 0.25) is 11.8 Å². The molecule has 9 nitrogen and oxygen atoms in total. The summed E-state index contributed by atoms with van der Waals surface area (Å²) in [4.78, 5) is 29.1. The van der Waals surface area contributed by atoms with Gasteiger partial charge in [0, 0.05) is 13.1 Å². The molecule has 0 heterocycles. The van der Waals surface area contributed by atoms with Crippen LogP contribution in [0.25, 0.3) is 0 Å². The molecule has 42 heavy (non-hydrogen) atoms. The number of hydrogen-bond acceptors (Lipinski definition) is 6. The Hall–Kier alpha value is -4.05. The number of nitrogens with one attached hydrogen (secondary N) is 1. The highest BCUT2D eigenvalue weighted by Gasteiger charge is 2.34. The van der Waals surface area contributed by atoms with E-state index in [0.29, 0.717) is 24.5 Å². The minimum Gasteiger partial charge on any atom is -0.497 e. The molecule has 0 spiro atoms. The number of carbonyl (C=O) groups excluding carboxylic acids is 2. The van der Waals surface area contributed by atoms with Gasteiger partial charge in [0.15, 0.2) is 0 Å². The van der Waals surface area contributed by atoms with E-state index >= 15 is 0 Å². The van der Waals surface area contributed by atoms with Gasteiger partial charge in [0.05, 0.1) is 24.8 Å². The molecular weight excluding hydrogens is 554 g/mol. The highest BCUT2D eigenvalue weighted by molar-refractivity contribution is 7.92. The molecular formula is C32H41N3O6S. The Morgan fingerprint density at radius 1 is 0.929 bits per heavy atom. The number of methoxy groups -OCH3 is 2. The molecule has 0 aliphatic rings. The zero-order valence-corrected chi connectivity index (χ0v) is 26.0. The summed E-state index contributed by atoms with van der Waals surface area (Å²) >= 11 is 0. The van der Waals surface area contributed by atoms with E-state index in [2.05, 4.69) is 5.32 Å². The first-order chi connectivity index (χ1) is 20.0. The molecule has 226 valence electrons. The van der Waals surface area contributed by atoms with E-state index in [4.69, 9.17) is 9.47 Å². The maximum Gasteiger partial charge on any atom is 0.264 e. The number of amides is 2. The van der Waals surface area contributed by atoms with Crippen LogP contribution in [0.3, 0.4) is 0 Å². The zero-order chi connectivity index (χ0) is 30.9. The van der Waals surface area contributed by atoms with Crippen LogP contribution in [0.5, 0.6) is 11.5 Å². The number of rotatable bonds is 14. The number of anilines is 1. The average Bonchev–Trinajstić information content (AvgIpc) is 2.99. The molecule has 0 fully saturated rings. The van der Waals surface area contributed by atoms with Crippen LogP contribution in [-0.4, -0.2) is 58.5 Å². The monoisotopic (exact) mass is 595 g/mol. The second-order valence-corrected chi connectivity index (χ2v) is 12.3. The quantitative estimate of drug-likeness (QED) is 0.288. The molecule has 1 N–H and O–H groups in total. The summed E-state index contributed by atoms with van der Waals surface area (Å²) in [5.41, 5.74) is 1.76. The van der Waals surface area contributed by atoms with Crippen molar-refractivity contribution < 1.29 is 27.5 Å². The van der Waals surface area contributed by atoms with Gasteiger partial charge in [-0.3, -0.25) is 13.9 Å². The number of sulfonamides is 1. The van der Waals surface area contributed by atoms with E-state index in [1.165, 1.54) is 24.1 Å². The number of hydrogen-bond donors (Lipinski definition) is 1. The molecule has 0 saturated heterocycles. The maximum atomic E-state index is 14.3. The van der Waals surface area contributed by atoms with Crippen molar-refractivity contribution in [1.29, 1.82) is 0 Å². The van der Waals surface area contributed by atoms with Crippen molar-refractivity contribution in [3.05, 3.63) is 83.9 Å². The van der Waals surface area contributed by atoms with Crippen molar-refractivity contribution in [2.24, 2.45) is 5.92 Å². The SMILES string of the molecule is CCC(C(=O)NCC(C)C)N(Cc1cccc(OC)c1)C(=O)CN(c1cc(C)ccc1OC)S(=O)(=O)c1ccccc1. The Labute approximate surface area is 249 Å². The second-order valence-electron chi connectivity index (χ2n) is 10.4. The van der Waals surface area contributed by atoms with Crippen LogP contribution in [0.1, 0.15) is 38.3 Å². The van der Waals surface area contributed by atoms with Crippen LogP contribution in [-0.2, 0) is 26.2 Å². The summed E-state index contributed by atoms with van der Waals surface area (Å²) in [5, 5.41) is 2.93. The Morgan fingerprint density at radius 3 is 2.26 bits per heavy atom. The van der Waals surface area contributed by atoms with E-state index in [1.54, 1.807) is 61.7 Å². The maximum absolute atomic E-state index is 14.3. The lowest BCUT2D eigenvalue weighted by atomic mass is 10.1. The van der Waals surface area contributed by atoms with E-state index in [-0.39, 0.29) is 29.0 Å². The van der Waals surface area contributed by atoms with Crippen molar-refractivity contribution in [1.82, 2.24) is 10.2 Å². The number of benzene rings is 3. The third kappa shape index (κ3) is 8.03. The Bertz CT molecular complexity index is 1460. The standard InChI is InChI=1S/C32H41N3O6S/c1-7-28(32(37)33-20-23(2)3)34(21-25-12-11-13-26(19-25)40-5)31(36)22-35(29-18-24(4)16-17-30(29)41-6)42(38,39)27-14-9-8-10-15-27/h8-19,23,28H,7,20-22H2,1-6H3,(H,33,37). The molecule has 3 rings (SSSR count). The minimum absolute atomic E-state index is 0.0300. The lowest BCUT2D eigenvalue weighted by Crippen LogP contribution is -2.52. The average molecular weight is 596 g/mol. The summed E-state index contributed by atoms with van der Waals surface area (Å²) in [6.45, 7) is 7.62. The molecule has 0 bridgehead atoms. The summed E-state index contributed by atoms with van der Waals surface area (Å²) in [6, 6.07) is 19.5. The van der Waals surface area contributed by atoms with Gasteiger partial charge >= 0.3 is 0 Å². The van der Waals surface area contributed by atoms with Crippen molar-refractivity contribution in [2.75, 3.05) is 31.6 Å². The Balaban J connectivity index is 2.11. The Morgan fingerprint density at radius 2 is 1.64 bits per heavy atom. The van der Waals surface area contributed by atoms with E-state index in [9.17, 15) is 18.0 Å². The zero-order valence-electron chi connectivity index (χ0n) is 25.2. The largest absolute Gasteiger partial charge is 0.497 e. The first kappa shape index (κ1) is 32.5. The lowest BCUT2D eigenvalue weighted by molar-refractivity contribution is -0.140. The number of carbonyl (C=O) groups is 2. The van der Waals surface area contributed by atoms with Gasteiger partial charge < -0.3 is 19.7 Å². The van der Waals surface area contributed by atoms with Crippen molar-refractivity contribution >= 4 is 27.5 Å². The van der Waals surface area contributed by atoms with Gasteiger partial charge in [-0.25, -0.2) is 8.42 Å². The molecule has 1 unspecified atom stereocenters. The first-order valence-electron chi connectivity index (χ1n) is 13.9. The fourth-order valence-electron chi connectivity index (χ4n) is 4.54. The summed E-state index contributed by atoms with van der Waals surface area (Å²) in [6.07, 6.45) is 0.332. The second kappa shape index (κ2) is 14.7. The topological polar surface area (TPSA) is 105 Å². The first-order valence-corrected chi connectivity index (χ1v) is 15.4. The van der Waals surface area contributed by atoms with E-state index in [0.717, 1.165) is 15.4 Å². The van der Waals surface area contributed by atoms with Crippen LogP contribution < -0.4 is 19.1 Å². The predicted molar refractivity (Wildman–Crippen MR) is 164 cm³/mol. The molecule has 3 aromatic carbocycles. The summed E-state index contributed by atoms with van der Waals surface area (Å²) in [7, 11) is -1.20. The lowest BCUT2D eigenvalue weighted by Gasteiger charge is -2.33. The van der Waals surface area contributed by atoms with Crippen LogP contribution in [0.4, 0.5) is 5.69 Å². The molecule has 0 aromatic heterocycles.